The molecule has 0 saturated carbocycles. The molecule has 11 heteroatoms. The smallest absolute Gasteiger partial charge is 0.416 e. The first-order valence-corrected chi connectivity index (χ1v) is 9.39. The summed E-state index contributed by atoms with van der Waals surface area (Å²) in [5.74, 6) is -0.512. The predicted octanol–water partition coefficient (Wildman–Crippen LogP) is 3.61. The van der Waals surface area contributed by atoms with Crippen molar-refractivity contribution >= 4 is 17.7 Å². The van der Waals surface area contributed by atoms with Crippen molar-refractivity contribution in [1.29, 1.82) is 0 Å². The Bertz CT molecular complexity index is 1020. The van der Waals surface area contributed by atoms with Crippen LogP contribution in [0.25, 0.3) is 5.69 Å². The summed E-state index contributed by atoms with van der Waals surface area (Å²) in [5, 5.41) is 21.0. The summed E-state index contributed by atoms with van der Waals surface area (Å²) in [5.41, 5.74) is 0.758. The molecule has 2 atom stereocenters. The zero-order valence-corrected chi connectivity index (χ0v) is 15.4. The molecule has 1 aliphatic rings. The number of rotatable bonds is 6. The van der Waals surface area contributed by atoms with Crippen LogP contribution in [-0.4, -0.2) is 43.1 Å². The zero-order valence-electron chi connectivity index (χ0n) is 14.6. The van der Waals surface area contributed by atoms with Gasteiger partial charge in [0.15, 0.2) is 0 Å². The summed E-state index contributed by atoms with van der Waals surface area (Å²) in [7, 11) is 0. The van der Waals surface area contributed by atoms with Crippen molar-refractivity contribution < 1.29 is 27.8 Å². The number of epoxide rings is 1. The minimum atomic E-state index is -4.36. The van der Waals surface area contributed by atoms with Crippen LogP contribution in [0, 0.1) is 0 Å². The number of tetrazole rings is 1. The number of carboxylic acids is 1. The number of hydrogen-bond donors (Lipinski definition) is 1. The van der Waals surface area contributed by atoms with E-state index in [-0.39, 0.29) is 17.8 Å². The van der Waals surface area contributed by atoms with Gasteiger partial charge in [0.05, 0.1) is 22.9 Å². The van der Waals surface area contributed by atoms with E-state index in [4.69, 9.17) is 9.84 Å². The van der Waals surface area contributed by atoms with Crippen LogP contribution < -0.4 is 0 Å². The molecule has 0 radical (unpaired) electrons. The van der Waals surface area contributed by atoms with Gasteiger partial charge in [-0.1, -0.05) is 23.9 Å². The van der Waals surface area contributed by atoms with Gasteiger partial charge in [-0.25, -0.2) is 4.79 Å². The molecule has 1 fully saturated rings. The largest absolute Gasteiger partial charge is 0.478 e. The third kappa shape index (κ3) is 4.25. The minimum absolute atomic E-state index is 0.154. The van der Waals surface area contributed by atoms with Gasteiger partial charge in [-0.2, -0.15) is 17.9 Å². The number of benzene rings is 2. The van der Waals surface area contributed by atoms with Gasteiger partial charge in [-0.15, -0.1) is 5.10 Å². The first-order valence-electron chi connectivity index (χ1n) is 8.40. The van der Waals surface area contributed by atoms with E-state index < -0.39 is 17.7 Å². The Balaban J connectivity index is 1.38. The highest BCUT2D eigenvalue weighted by molar-refractivity contribution is 7.99. The monoisotopic (exact) mass is 422 g/mol. The summed E-state index contributed by atoms with van der Waals surface area (Å²) in [6.07, 6.45) is -4.78. The van der Waals surface area contributed by atoms with E-state index in [0.717, 1.165) is 12.1 Å². The summed E-state index contributed by atoms with van der Waals surface area (Å²) in [6.45, 7) is 0. The van der Waals surface area contributed by atoms with Gasteiger partial charge < -0.3 is 9.84 Å². The average molecular weight is 422 g/mol. The summed E-state index contributed by atoms with van der Waals surface area (Å²) >= 11 is 1.34. The molecule has 3 aromatic rings. The summed E-state index contributed by atoms with van der Waals surface area (Å²) in [4.78, 5) is 10.9. The molecule has 2 unspecified atom stereocenters. The van der Waals surface area contributed by atoms with E-state index in [0.29, 0.717) is 22.2 Å². The fraction of sp³-hybridized carbons (Fsp3) is 0.222. The number of aromatic carboxylic acids is 1. The van der Waals surface area contributed by atoms with Crippen LogP contribution in [0.4, 0.5) is 13.2 Å². The van der Waals surface area contributed by atoms with Gasteiger partial charge in [0.1, 0.15) is 6.10 Å². The second kappa shape index (κ2) is 7.48. The molecule has 1 aromatic heterocycles. The van der Waals surface area contributed by atoms with Gasteiger partial charge in [-0.05, 0) is 52.4 Å². The van der Waals surface area contributed by atoms with E-state index in [1.54, 1.807) is 12.1 Å². The van der Waals surface area contributed by atoms with Crippen molar-refractivity contribution in [2.75, 3.05) is 5.75 Å². The zero-order chi connectivity index (χ0) is 20.6. The minimum Gasteiger partial charge on any atom is -0.478 e. The maximum absolute atomic E-state index is 12.6. The second-order valence-corrected chi connectivity index (χ2v) is 7.24. The number of ether oxygens (including phenoxy) is 1. The number of carbonyl (C=O) groups is 1. The van der Waals surface area contributed by atoms with Gasteiger partial charge in [0.25, 0.3) is 0 Å². The van der Waals surface area contributed by atoms with Crippen molar-refractivity contribution in [3.8, 4) is 5.69 Å². The fourth-order valence-corrected chi connectivity index (χ4v) is 3.68. The van der Waals surface area contributed by atoms with Crippen molar-refractivity contribution in [3.63, 3.8) is 0 Å². The molecule has 1 saturated heterocycles. The van der Waals surface area contributed by atoms with Crippen LogP contribution in [0.2, 0.25) is 0 Å². The van der Waals surface area contributed by atoms with Crippen LogP contribution >= 0.6 is 11.8 Å². The molecular weight excluding hydrogens is 409 g/mol. The summed E-state index contributed by atoms with van der Waals surface area (Å²) in [6, 6.07) is 11.0. The Morgan fingerprint density at radius 3 is 2.45 bits per heavy atom. The van der Waals surface area contributed by atoms with Gasteiger partial charge >= 0.3 is 12.1 Å². The highest BCUT2D eigenvalue weighted by atomic mass is 32.2. The molecule has 0 aliphatic carbocycles. The molecule has 1 N–H and O–H groups in total. The first-order chi connectivity index (χ1) is 13.8. The molecule has 0 bridgehead atoms. The lowest BCUT2D eigenvalue weighted by molar-refractivity contribution is -0.137. The highest BCUT2D eigenvalue weighted by Crippen LogP contribution is 2.42. The lowest BCUT2D eigenvalue weighted by Crippen LogP contribution is -2.04. The molecule has 7 nitrogen and oxygen atoms in total. The van der Waals surface area contributed by atoms with Crippen molar-refractivity contribution in [3.05, 3.63) is 65.2 Å². The van der Waals surface area contributed by atoms with Crippen molar-refractivity contribution in [2.45, 2.75) is 23.5 Å². The van der Waals surface area contributed by atoms with Crippen molar-refractivity contribution in [2.24, 2.45) is 0 Å². The second-order valence-electron chi connectivity index (χ2n) is 6.25. The number of carboxylic acid groups (broad SMARTS) is 1. The van der Waals surface area contributed by atoms with Crippen LogP contribution in [0.5, 0.6) is 0 Å². The van der Waals surface area contributed by atoms with Crippen LogP contribution in [-0.2, 0) is 10.9 Å². The Morgan fingerprint density at radius 1 is 1.14 bits per heavy atom. The van der Waals surface area contributed by atoms with E-state index in [9.17, 15) is 18.0 Å². The number of alkyl halides is 3. The Morgan fingerprint density at radius 2 is 1.83 bits per heavy atom. The highest BCUT2D eigenvalue weighted by Gasteiger charge is 2.41. The molecule has 0 spiro atoms. The van der Waals surface area contributed by atoms with Crippen LogP contribution in [0.3, 0.4) is 0 Å². The number of aromatic nitrogens is 4. The lowest BCUT2D eigenvalue weighted by Gasteiger charge is -2.06. The molecule has 2 aromatic carbocycles. The van der Waals surface area contributed by atoms with Gasteiger partial charge in [-0.3, -0.25) is 0 Å². The maximum Gasteiger partial charge on any atom is 0.416 e. The van der Waals surface area contributed by atoms with E-state index in [2.05, 4.69) is 15.5 Å². The average Bonchev–Trinajstić information content (AvgIpc) is 3.33. The number of nitrogens with zero attached hydrogens (tertiary/aromatic N) is 4. The molecule has 29 heavy (non-hydrogen) atoms. The SMILES string of the molecule is O=C(O)c1ccc(-n2nnnc2SCC2OC2c2ccc(C(F)(F)F)cc2)cc1. The Kier molecular flexibility index (Phi) is 5.01. The van der Waals surface area contributed by atoms with Crippen LogP contribution in [0.15, 0.2) is 53.7 Å². The molecule has 150 valence electrons. The predicted molar refractivity (Wildman–Crippen MR) is 95.9 cm³/mol. The third-order valence-electron chi connectivity index (χ3n) is 4.33. The Hall–Kier alpha value is -2.92. The topological polar surface area (TPSA) is 93.4 Å². The number of thioether (sulfide) groups is 1. The molecule has 0 amide bonds. The van der Waals surface area contributed by atoms with E-state index in [1.807, 2.05) is 0 Å². The maximum atomic E-state index is 12.6. The summed E-state index contributed by atoms with van der Waals surface area (Å²) < 4.78 is 45.0. The third-order valence-corrected chi connectivity index (χ3v) is 5.33. The standard InChI is InChI=1S/C18H13F3N4O3S/c19-18(20,21)12-5-1-10(2-6-12)15-14(28-15)9-29-17-22-23-24-25(17)13-7-3-11(4-8-13)16(26)27/h1-8,14-15H,9H2,(H,26,27). The molecule has 4 rings (SSSR count). The van der Waals surface area contributed by atoms with E-state index >= 15 is 0 Å². The first kappa shape index (κ1) is 19.4. The lowest BCUT2D eigenvalue weighted by atomic mass is 10.1. The Labute approximate surface area is 166 Å². The number of hydrogen-bond acceptors (Lipinski definition) is 6. The van der Waals surface area contributed by atoms with E-state index in [1.165, 1.54) is 40.7 Å². The van der Waals surface area contributed by atoms with Gasteiger partial charge in [0, 0.05) is 5.75 Å². The van der Waals surface area contributed by atoms with Crippen LogP contribution in [0.1, 0.15) is 27.6 Å². The molecular formula is C18H13F3N4O3S. The molecule has 1 aliphatic heterocycles. The fourth-order valence-electron chi connectivity index (χ4n) is 2.76. The van der Waals surface area contributed by atoms with Gasteiger partial charge in [0.2, 0.25) is 5.16 Å². The quantitative estimate of drug-likeness (QED) is 0.479. The normalized spacial score (nSPS) is 18.6. The number of halogens is 3. The van der Waals surface area contributed by atoms with Crippen molar-refractivity contribution in [1.82, 2.24) is 20.2 Å². The molecule has 2 heterocycles.